The van der Waals surface area contributed by atoms with Crippen LogP contribution in [0.2, 0.25) is 5.02 Å². The van der Waals surface area contributed by atoms with Crippen LogP contribution in [0.1, 0.15) is 5.56 Å². The predicted octanol–water partition coefficient (Wildman–Crippen LogP) is 4.74. The molecule has 0 N–H and O–H groups in total. The van der Waals surface area contributed by atoms with E-state index in [4.69, 9.17) is 11.6 Å². The number of rotatable bonds is 5. The van der Waals surface area contributed by atoms with Gasteiger partial charge in [-0.05, 0) is 48.5 Å². The van der Waals surface area contributed by atoms with Crippen molar-refractivity contribution in [3.05, 3.63) is 71.8 Å². The van der Waals surface area contributed by atoms with Crippen molar-refractivity contribution in [1.82, 2.24) is 0 Å². The van der Waals surface area contributed by atoms with Crippen molar-refractivity contribution in [2.24, 2.45) is 0 Å². The molecule has 0 saturated heterocycles. The van der Waals surface area contributed by atoms with Crippen LogP contribution in [0.5, 0.6) is 0 Å². The Balaban J connectivity index is 2.45. The van der Waals surface area contributed by atoms with E-state index in [-0.39, 0.29) is 17.1 Å². The molecular formula is C16H13ClF3NO2S. The Morgan fingerprint density at radius 3 is 2.04 bits per heavy atom. The summed E-state index contributed by atoms with van der Waals surface area (Å²) in [5, 5.41) is 0.374. The molecule has 2 aromatic carbocycles. The number of hydrogen-bond acceptors (Lipinski definition) is 2. The van der Waals surface area contributed by atoms with Crippen LogP contribution in [0.25, 0.3) is 0 Å². The van der Waals surface area contributed by atoms with Crippen molar-refractivity contribution in [3.8, 4) is 0 Å². The van der Waals surface area contributed by atoms with E-state index in [1.165, 1.54) is 30.3 Å². The fourth-order valence-electron chi connectivity index (χ4n) is 2.01. The highest BCUT2D eigenvalue weighted by Gasteiger charge is 2.31. The van der Waals surface area contributed by atoms with Crippen LogP contribution in [0, 0.1) is 0 Å². The maximum Gasteiger partial charge on any atom is 0.416 e. The molecule has 0 aliphatic rings. The normalized spacial score (nSPS) is 12.0. The number of sulfonamides is 1. The predicted molar refractivity (Wildman–Crippen MR) is 87.6 cm³/mol. The van der Waals surface area contributed by atoms with Crippen LogP contribution >= 0.6 is 11.6 Å². The first-order valence-electron chi connectivity index (χ1n) is 6.73. The first-order valence-corrected chi connectivity index (χ1v) is 8.54. The van der Waals surface area contributed by atoms with Crippen LogP contribution in [-0.4, -0.2) is 15.0 Å². The summed E-state index contributed by atoms with van der Waals surface area (Å²) >= 11 is 5.75. The molecule has 0 aliphatic heterocycles. The average Bonchev–Trinajstić information content (AvgIpc) is 2.52. The van der Waals surface area contributed by atoms with Gasteiger partial charge in [-0.1, -0.05) is 17.7 Å². The van der Waals surface area contributed by atoms with Crippen molar-refractivity contribution < 1.29 is 21.6 Å². The molecule has 0 bridgehead atoms. The molecule has 0 fully saturated rings. The van der Waals surface area contributed by atoms with Gasteiger partial charge in [0.2, 0.25) is 0 Å². The zero-order valence-corrected chi connectivity index (χ0v) is 13.9. The second-order valence-electron chi connectivity index (χ2n) is 4.82. The van der Waals surface area contributed by atoms with Gasteiger partial charge in [-0.3, -0.25) is 4.31 Å². The third kappa shape index (κ3) is 3.91. The molecule has 0 aromatic heterocycles. The van der Waals surface area contributed by atoms with Crippen molar-refractivity contribution in [3.63, 3.8) is 0 Å². The molecule has 0 atom stereocenters. The average molecular weight is 376 g/mol. The smallest absolute Gasteiger partial charge is 0.263 e. The van der Waals surface area contributed by atoms with Crippen LogP contribution < -0.4 is 4.31 Å². The molecule has 2 aromatic rings. The number of halogens is 4. The summed E-state index contributed by atoms with van der Waals surface area (Å²) in [7, 11) is -3.96. The van der Waals surface area contributed by atoms with Crippen molar-refractivity contribution in [2.75, 3.05) is 10.8 Å². The van der Waals surface area contributed by atoms with Gasteiger partial charge in [-0.15, -0.1) is 6.58 Å². The molecule has 0 unspecified atom stereocenters. The summed E-state index contributed by atoms with van der Waals surface area (Å²) in [4.78, 5) is -0.0198. The molecule has 0 amide bonds. The summed E-state index contributed by atoms with van der Waals surface area (Å²) in [5.41, 5.74) is -0.744. The first-order chi connectivity index (χ1) is 11.2. The van der Waals surface area contributed by atoms with Gasteiger partial charge in [0.1, 0.15) is 0 Å². The Bertz CT molecular complexity index is 816. The lowest BCUT2D eigenvalue weighted by Gasteiger charge is -2.23. The maximum absolute atomic E-state index is 12.7. The Morgan fingerprint density at radius 2 is 1.58 bits per heavy atom. The quantitative estimate of drug-likeness (QED) is 0.708. The van der Waals surface area contributed by atoms with Crippen molar-refractivity contribution in [1.29, 1.82) is 0 Å². The lowest BCUT2D eigenvalue weighted by atomic mass is 10.2. The summed E-state index contributed by atoms with van der Waals surface area (Å²) in [6.07, 6.45) is -3.14. The minimum Gasteiger partial charge on any atom is -0.263 e. The molecule has 3 nitrogen and oxygen atoms in total. The van der Waals surface area contributed by atoms with E-state index in [9.17, 15) is 21.6 Å². The lowest BCUT2D eigenvalue weighted by molar-refractivity contribution is -0.137. The van der Waals surface area contributed by atoms with Gasteiger partial charge in [0, 0.05) is 5.02 Å². The Labute approximate surface area is 143 Å². The summed E-state index contributed by atoms with van der Waals surface area (Å²) in [5.74, 6) is 0. The van der Waals surface area contributed by atoms with Gasteiger partial charge in [0.15, 0.2) is 0 Å². The SMILES string of the molecule is C=CCN(c1ccc(C(F)(F)F)cc1)S(=O)(=O)c1ccc(Cl)cc1. The molecule has 8 heteroatoms. The Morgan fingerprint density at radius 1 is 1.04 bits per heavy atom. The van der Waals surface area contributed by atoms with E-state index in [1.54, 1.807) is 0 Å². The largest absolute Gasteiger partial charge is 0.416 e. The Hall–Kier alpha value is -1.99. The molecule has 2 rings (SSSR count). The van der Waals surface area contributed by atoms with Gasteiger partial charge < -0.3 is 0 Å². The molecule has 0 aliphatic carbocycles. The van der Waals surface area contributed by atoms with Crippen LogP contribution in [0.3, 0.4) is 0 Å². The third-order valence-electron chi connectivity index (χ3n) is 3.18. The van der Waals surface area contributed by atoms with E-state index in [1.807, 2.05) is 0 Å². The van der Waals surface area contributed by atoms with E-state index >= 15 is 0 Å². The standard InChI is InChI=1S/C16H13ClF3NO2S/c1-2-11-21(14-7-3-12(4-8-14)16(18,19)20)24(22,23)15-9-5-13(17)6-10-15/h2-10H,1,11H2. The van der Waals surface area contributed by atoms with Gasteiger partial charge in [-0.25, -0.2) is 8.42 Å². The van der Waals surface area contributed by atoms with Crippen LogP contribution in [0.15, 0.2) is 66.1 Å². The molecule has 0 radical (unpaired) electrons. The highest BCUT2D eigenvalue weighted by atomic mass is 35.5. The fourth-order valence-corrected chi connectivity index (χ4v) is 3.57. The van der Waals surface area contributed by atoms with Crippen molar-refractivity contribution >= 4 is 27.3 Å². The molecule has 0 spiro atoms. The molecular weight excluding hydrogens is 363 g/mol. The van der Waals surface area contributed by atoms with E-state index in [0.717, 1.165) is 28.6 Å². The summed E-state index contributed by atoms with van der Waals surface area (Å²) in [6.45, 7) is 3.41. The van der Waals surface area contributed by atoms with Gasteiger partial charge in [0.25, 0.3) is 10.0 Å². The zero-order valence-electron chi connectivity index (χ0n) is 12.3. The van der Waals surface area contributed by atoms with E-state index in [0.29, 0.717) is 5.02 Å². The second-order valence-corrected chi connectivity index (χ2v) is 7.12. The number of benzene rings is 2. The second kappa shape index (κ2) is 6.86. The molecule has 0 heterocycles. The zero-order chi connectivity index (χ0) is 18.0. The van der Waals surface area contributed by atoms with Gasteiger partial charge in [0.05, 0.1) is 22.7 Å². The van der Waals surface area contributed by atoms with Gasteiger partial charge in [-0.2, -0.15) is 13.2 Å². The minimum atomic E-state index is -4.49. The number of anilines is 1. The Kier molecular flexibility index (Phi) is 5.25. The number of nitrogens with zero attached hydrogens (tertiary/aromatic N) is 1. The van der Waals surface area contributed by atoms with Crippen molar-refractivity contribution in [2.45, 2.75) is 11.1 Å². The highest BCUT2D eigenvalue weighted by molar-refractivity contribution is 7.92. The third-order valence-corrected chi connectivity index (χ3v) is 5.24. The van der Waals surface area contributed by atoms with Crippen LogP contribution in [0.4, 0.5) is 18.9 Å². The minimum absolute atomic E-state index is 0.0198. The van der Waals surface area contributed by atoms with Gasteiger partial charge >= 0.3 is 6.18 Å². The van der Waals surface area contributed by atoms with E-state index in [2.05, 4.69) is 6.58 Å². The topological polar surface area (TPSA) is 37.4 Å². The molecule has 128 valence electrons. The monoisotopic (exact) mass is 375 g/mol. The number of alkyl halides is 3. The van der Waals surface area contributed by atoms with Crippen LogP contribution in [-0.2, 0) is 16.2 Å². The molecule has 24 heavy (non-hydrogen) atoms. The molecule has 0 saturated carbocycles. The summed E-state index contributed by atoms with van der Waals surface area (Å²) in [6, 6.07) is 9.40. The maximum atomic E-state index is 12.7. The first kappa shape index (κ1) is 18.4. The lowest BCUT2D eigenvalue weighted by Crippen LogP contribution is -2.31. The highest BCUT2D eigenvalue weighted by Crippen LogP contribution is 2.32. The summed E-state index contributed by atoms with van der Waals surface area (Å²) < 4.78 is 64.4. The number of hydrogen-bond donors (Lipinski definition) is 0. The van der Waals surface area contributed by atoms with E-state index < -0.39 is 21.8 Å². The fraction of sp³-hybridized carbons (Fsp3) is 0.125.